The van der Waals surface area contributed by atoms with Crippen LogP contribution >= 0.6 is 0 Å². The average molecular weight is 222 g/mol. The van der Waals surface area contributed by atoms with Crippen LogP contribution in [0.2, 0.25) is 0 Å². The minimum Gasteiger partial charge on any atom is -0.380 e. The Morgan fingerprint density at radius 1 is 1.43 bits per heavy atom. The molecule has 1 rings (SSSR count). The molecule has 0 atom stereocenters. The first-order chi connectivity index (χ1) is 6.47. The van der Waals surface area contributed by atoms with Gasteiger partial charge in [0.1, 0.15) is 0 Å². The zero-order valence-corrected chi connectivity index (χ0v) is 9.49. The van der Waals surface area contributed by atoms with E-state index in [-0.39, 0.29) is 11.2 Å². The summed E-state index contributed by atoms with van der Waals surface area (Å²) in [6.07, 6.45) is 0. The highest BCUT2D eigenvalue weighted by atomic mass is 32.2. The van der Waals surface area contributed by atoms with Gasteiger partial charge >= 0.3 is 0 Å². The van der Waals surface area contributed by atoms with Crippen molar-refractivity contribution in [2.45, 2.75) is 6.92 Å². The monoisotopic (exact) mass is 222 g/mol. The topological polar surface area (TPSA) is 67.4 Å². The minimum absolute atomic E-state index is 0.125. The van der Waals surface area contributed by atoms with Gasteiger partial charge in [-0.2, -0.15) is 0 Å². The summed E-state index contributed by atoms with van der Waals surface area (Å²) < 4.78 is 29.4. The largest absolute Gasteiger partial charge is 0.380 e. The lowest BCUT2D eigenvalue weighted by Crippen LogP contribution is -2.48. The molecule has 0 bridgehead atoms. The van der Waals surface area contributed by atoms with Crippen molar-refractivity contribution in [3.05, 3.63) is 0 Å². The molecule has 0 spiro atoms. The molecule has 0 aliphatic carbocycles. The van der Waals surface area contributed by atoms with Gasteiger partial charge in [-0.25, -0.2) is 13.1 Å². The number of ether oxygens (including phenoxy) is 1. The summed E-state index contributed by atoms with van der Waals surface area (Å²) in [7, 11) is -1.64. The zero-order valence-electron chi connectivity index (χ0n) is 8.67. The van der Waals surface area contributed by atoms with Crippen molar-refractivity contribution >= 4 is 10.0 Å². The molecule has 0 aromatic heterocycles. The van der Waals surface area contributed by atoms with Crippen LogP contribution in [0.5, 0.6) is 0 Å². The second-order valence-corrected chi connectivity index (χ2v) is 6.05. The Bertz CT molecular complexity index is 272. The number of hydrogen-bond donors (Lipinski definition) is 2. The molecule has 0 aromatic rings. The van der Waals surface area contributed by atoms with E-state index in [1.165, 1.54) is 7.05 Å². The maximum atomic E-state index is 11.0. The smallest absolute Gasteiger partial charge is 0.212 e. The van der Waals surface area contributed by atoms with Gasteiger partial charge in [0.05, 0.1) is 19.0 Å². The Morgan fingerprint density at radius 2 is 2.07 bits per heavy atom. The Balaban J connectivity index is 2.10. The van der Waals surface area contributed by atoms with Crippen molar-refractivity contribution in [1.82, 2.24) is 10.0 Å². The summed E-state index contributed by atoms with van der Waals surface area (Å²) in [5, 5.41) is 3.12. The molecule has 0 aromatic carbocycles. The van der Waals surface area contributed by atoms with Crippen molar-refractivity contribution < 1.29 is 13.2 Å². The fraction of sp³-hybridized carbons (Fsp3) is 1.00. The van der Waals surface area contributed by atoms with E-state index < -0.39 is 10.0 Å². The molecule has 5 nitrogen and oxygen atoms in total. The van der Waals surface area contributed by atoms with Crippen molar-refractivity contribution in [2.75, 3.05) is 39.1 Å². The van der Waals surface area contributed by atoms with E-state index in [0.717, 1.165) is 19.8 Å². The van der Waals surface area contributed by atoms with Gasteiger partial charge in [-0.1, -0.05) is 6.92 Å². The number of hydrogen-bond acceptors (Lipinski definition) is 4. The van der Waals surface area contributed by atoms with Gasteiger partial charge in [0, 0.05) is 18.5 Å². The minimum atomic E-state index is -3.07. The summed E-state index contributed by atoms with van der Waals surface area (Å²) in [4.78, 5) is 0. The molecule has 6 heteroatoms. The molecular weight excluding hydrogens is 204 g/mol. The normalized spacial score (nSPS) is 20.4. The van der Waals surface area contributed by atoms with Crippen LogP contribution in [0, 0.1) is 5.41 Å². The Hall–Kier alpha value is -0.170. The fourth-order valence-corrected chi connectivity index (χ4v) is 1.87. The van der Waals surface area contributed by atoms with Crippen molar-refractivity contribution in [3.63, 3.8) is 0 Å². The van der Waals surface area contributed by atoms with E-state index in [1.807, 2.05) is 0 Å². The van der Waals surface area contributed by atoms with Crippen molar-refractivity contribution in [2.24, 2.45) is 5.41 Å². The van der Waals surface area contributed by atoms with Crippen LogP contribution in [0.3, 0.4) is 0 Å². The van der Waals surface area contributed by atoms with E-state index in [1.54, 1.807) is 0 Å². The van der Waals surface area contributed by atoms with E-state index in [9.17, 15) is 8.42 Å². The summed E-state index contributed by atoms with van der Waals surface area (Å²) in [6, 6.07) is 0. The molecule has 1 aliphatic heterocycles. The summed E-state index contributed by atoms with van der Waals surface area (Å²) >= 11 is 0. The molecular formula is C8H18N2O3S. The Labute approximate surface area is 85.3 Å². The molecule has 0 amide bonds. The highest BCUT2D eigenvalue weighted by Gasteiger charge is 2.32. The molecule has 2 N–H and O–H groups in total. The molecule has 84 valence electrons. The molecule has 14 heavy (non-hydrogen) atoms. The van der Waals surface area contributed by atoms with E-state index in [2.05, 4.69) is 17.0 Å². The van der Waals surface area contributed by atoms with Crippen LogP contribution in [0.15, 0.2) is 0 Å². The van der Waals surface area contributed by atoms with Crippen LogP contribution in [0.25, 0.3) is 0 Å². The Kier molecular flexibility index (Phi) is 3.88. The van der Waals surface area contributed by atoms with E-state index in [4.69, 9.17) is 4.74 Å². The fourth-order valence-electron chi connectivity index (χ4n) is 1.25. The van der Waals surface area contributed by atoms with Crippen LogP contribution < -0.4 is 10.0 Å². The van der Waals surface area contributed by atoms with Crippen LogP contribution in [-0.4, -0.2) is 47.5 Å². The lowest BCUT2D eigenvalue weighted by atomic mass is 9.89. The third kappa shape index (κ3) is 3.53. The first-order valence-corrected chi connectivity index (χ1v) is 6.32. The molecule has 0 radical (unpaired) electrons. The third-order valence-electron chi connectivity index (χ3n) is 2.31. The van der Waals surface area contributed by atoms with E-state index in [0.29, 0.717) is 6.54 Å². The average Bonchev–Trinajstić information content (AvgIpc) is 2.10. The van der Waals surface area contributed by atoms with Gasteiger partial charge in [-0.15, -0.1) is 0 Å². The first-order valence-electron chi connectivity index (χ1n) is 4.67. The number of nitrogens with one attached hydrogen (secondary N) is 2. The van der Waals surface area contributed by atoms with Crippen molar-refractivity contribution in [1.29, 1.82) is 0 Å². The van der Waals surface area contributed by atoms with Crippen LogP contribution in [0.4, 0.5) is 0 Å². The van der Waals surface area contributed by atoms with Gasteiger partial charge in [0.2, 0.25) is 10.0 Å². The second-order valence-electron chi connectivity index (χ2n) is 4.00. The molecule has 1 fully saturated rings. The standard InChI is InChI=1S/C8H18N2O3S/c1-8(6-13-7-8)5-10-3-4-14(11,12)9-2/h9-10H,3-7H2,1-2H3. The SMILES string of the molecule is CNS(=O)(=O)CCNCC1(C)COC1. The van der Waals surface area contributed by atoms with Gasteiger partial charge < -0.3 is 10.1 Å². The maximum Gasteiger partial charge on any atom is 0.212 e. The summed E-state index contributed by atoms with van der Waals surface area (Å²) in [6.45, 7) is 4.94. The summed E-state index contributed by atoms with van der Waals surface area (Å²) in [5.41, 5.74) is 0.198. The second kappa shape index (κ2) is 4.57. The maximum absolute atomic E-state index is 11.0. The quantitative estimate of drug-likeness (QED) is 0.575. The molecule has 1 aliphatic rings. The molecule has 1 saturated heterocycles. The lowest BCUT2D eigenvalue weighted by molar-refractivity contribution is -0.0987. The number of rotatable bonds is 6. The highest BCUT2D eigenvalue weighted by molar-refractivity contribution is 7.89. The molecule has 0 saturated carbocycles. The summed E-state index contributed by atoms with van der Waals surface area (Å²) in [5.74, 6) is 0.125. The van der Waals surface area contributed by atoms with Gasteiger partial charge in [-0.05, 0) is 7.05 Å². The third-order valence-corrected chi connectivity index (χ3v) is 3.67. The van der Waals surface area contributed by atoms with Crippen LogP contribution in [-0.2, 0) is 14.8 Å². The molecule has 0 unspecified atom stereocenters. The highest BCUT2D eigenvalue weighted by Crippen LogP contribution is 2.24. The van der Waals surface area contributed by atoms with Gasteiger partial charge in [0.25, 0.3) is 0 Å². The first kappa shape index (κ1) is 11.9. The predicted molar refractivity (Wildman–Crippen MR) is 54.6 cm³/mol. The predicted octanol–water partition coefficient (Wildman–Crippen LogP) is -0.838. The van der Waals surface area contributed by atoms with Crippen LogP contribution in [0.1, 0.15) is 6.92 Å². The van der Waals surface area contributed by atoms with Gasteiger partial charge in [0.15, 0.2) is 0 Å². The lowest BCUT2D eigenvalue weighted by Gasteiger charge is -2.38. The number of sulfonamides is 1. The Morgan fingerprint density at radius 3 is 2.50 bits per heavy atom. The van der Waals surface area contributed by atoms with Gasteiger partial charge in [-0.3, -0.25) is 0 Å². The van der Waals surface area contributed by atoms with E-state index >= 15 is 0 Å². The van der Waals surface area contributed by atoms with Crippen molar-refractivity contribution in [3.8, 4) is 0 Å². The zero-order chi connectivity index (χ0) is 10.7. The molecule has 1 heterocycles.